The van der Waals surface area contributed by atoms with Crippen LogP contribution in [0.1, 0.15) is 50.5 Å². The highest BCUT2D eigenvalue weighted by molar-refractivity contribution is 9.10. The summed E-state index contributed by atoms with van der Waals surface area (Å²) >= 11 is 4.03. The van der Waals surface area contributed by atoms with Crippen molar-refractivity contribution >= 4 is 21.8 Å². The van der Waals surface area contributed by atoms with Crippen LogP contribution in [0.25, 0.3) is 0 Å². The highest BCUT2D eigenvalue weighted by Crippen LogP contribution is 2.65. The average molecular weight is 392 g/mol. The molecule has 130 valence electrons. The van der Waals surface area contributed by atoms with Gasteiger partial charge in [-0.25, -0.2) is 0 Å². The van der Waals surface area contributed by atoms with Crippen LogP contribution in [0, 0.1) is 17.3 Å². The number of nitrogens with one attached hydrogen (secondary N) is 1. The molecule has 24 heavy (non-hydrogen) atoms. The normalized spacial score (nSPS) is 36.6. The van der Waals surface area contributed by atoms with Gasteiger partial charge < -0.3 is 10.1 Å². The minimum atomic E-state index is 0.193. The molecule has 4 saturated carbocycles. The van der Waals surface area contributed by atoms with E-state index < -0.39 is 0 Å². The Hall–Kier alpha value is -1.03. The topological polar surface area (TPSA) is 38.3 Å². The van der Waals surface area contributed by atoms with Gasteiger partial charge in [-0.05, 0) is 61.8 Å². The van der Waals surface area contributed by atoms with Crippen LogP contribution in [0.4, 0.5) is 0 Å². The summed E-state index contributed by atoms with van der Waals surface area (Å²) in [7, 11) is 1.67. The van der Waals surface area contributed by atoms with Crippen molar-refractivity contribution in [1.29, 1.82) is 0 Å². The second-order valence-electron chi connectivity index (χ2n) is 8.38. The average Bonchev–Trinajstić information content (AvgIpc) is 2.50. The van der Waals surface area contributed by atoms with E-state index in [2.05, 4.69) is 21.2 Å². The number of para-hydroxylation sites is 1. The van der Waals surface area contributed by atoms with E-state index in [-0.39, 0.29) is 11.3 Å². The first-order valence-corrected chi connectivity index (χ1v) is 9.86. The Morgan fingerprint density at radius 3 is 2.62 bits per heavy atom. The Bertz CT molecular complexity index is 630. The number of hydrogen-bond acceptors (Lipinski definition) is 2. The van der Waals surface area contributed by atoms with Crippen LogP contribution in [0.3, 0.4) is 0 Å². The van der Waals surface area contributed by atoms with Gasteiger partial charge in [-0.2, -0.15) is 0 Å². The number of alkyl halides is 1. The summed E-state index contributed by atoms with van der Waals surface area (Å²) in [6.45, 7) is 0.547. The molecule has 1 aromatic carbocycles. The van der Waals surface area contributed by atoms with E-state index in [4.69, 9.17) is 4.74 Å². The third-order valence-electron chi connectivity index (χ3n) is 6.31. The predicted octanol–water partition coefficient (Wildman–Crippen LogP) is 4.44. The van der Waals surface area contributed by atoms with Crippen molar-refractivity contribution in [3.8, 4) is 5.75 Å². The van der Waals surface area contributed by atoms with Gasteiger partial charge in [0.15, 0.2) is 0 Å². The second-order valence-corrected chi connectivity index (χ2v) is 10.1. The summed E-state index contributed by atoms with van der Waals surface area (Å²) in [6.07, 6.45) is 8.37. The van der Waals surface area contributed by atoms with E-state index in [1.165, 1.54) is 38.5 Å². The molecule has 2 atom stereocenters. The van der Waals surface area contributed by atoms with Gasteiger partial charge in [-0.3, -0.25) is 4.79 Å². The number of ether oxygens (including phenoxy) is 1. The summed E-state index contributed by atoms with van der Waals surface area (Å²) in [5.74, 6) is 2.69. The van der Waals surface area contributed by atoms with Gasteiger partial charge >= 0.3 is 0 Å². The number of benzene rings is 1. The van der Waals surface area contributed by atoms with Gasteiger partial charge in [0.2, 0.25) is 5.91 Å². The highest BCUT2D eigenvalue weighted by Gasteiger charge is 2.57. The minimum absolute atomic E-state index is 0.193. The Balaban J connectivity index is 1.40. The maximum absolute atomic E-state index is 12.6. The summed E-state index contributed by atoms with van der Waals surface area (Å²) in [4.78, 5) is 12.6. The molecule has 4 bridgehead atoms. The quantitative estimate of drug-likeness (QED) is 0.753. The van der Waals surface area contributed by atoms with Gasteiger partial charge in [0.05, 0.1) is 7.11 Å². The summed E-state index contributed by atoms with van der Waals surface area (Å²) in [5.41, 5.74) is 1.27. The molecule has 1 amide bonds. The summed E-state index contributed by atoms with van der Waals surface area (Å²) in [6, 6.07) is 7.89. The largest absolute Gasteiger partial charge is 0.496 e. The Labute approximate surface area is 152 Å². The number of amides is 1. The third-order valence-corrected chi connectivity index (χ3v) is 7.24. The van der Waals surface area contributed by atoms with Crippen LogP contribution >= 0.6 is 15.9 Å². The zero-order chi connectivity index (χ0) is 16.8. The molecule has 1 N–H and O–H groups in total. The van der Waals surface area contributed by atoms with Gasteiger partial charge in [-0.15, -0.1) is 0 Å². The first kappa shape index (κ1) is 16.4. The fraction of sp³-hybridized carbons (Fsp3) is 0.650. The van der Waals surface area contributed by atoms with Gasteiger partial charge in [0.1, 0.15) is 5.75 Å². The van der Waals surface area contributed by atoms with Crippen LogP contribution in [0.15, 0.2) is 24.3 Å². The van der Waals surface area contributed by atoms with Crippen molar-refractivity contribution in [3.05, 3.63) is 29.8 Å². The molecule has 0 heterocycles. The van der Waals surface area contributed by atoms with Crippen molar-refractivity contribution in [2.24, 2.45) is 17.3 Å². The third kappa shape index (κ3) is 3.10. The SMILES string of the molecule is COc1ccccc1CNC(=O)CC12C[C@H]3C[C@@H](CC(Br)(C3)C1)C2. The standard InChI is InChI=1S/C20H26BrNO2/c1-24-17-5-3-2-4-16(17)12-22-18(23)11-19-7-14-6-15(8-19)10-20(21,9-14)13-19/h2-5,14-15H,6-13H2,1H3,(H,22,23)/t14-,15-,19?,20?/m1/s1. The molecule has 0 unspecified atom stereocenters. The van der Waals surface area contributed by atoms with E-state index in [1.807, 2.05) is 24.3 Å². The Morgan fingerprint density at radius 1 is 1.25 bits per heavy atom. The zero-order valence-corrected chi connectivity index (χ0v) is 15.9. The minimum Gasteiger partial charge on any atom is -0.496 e. The van der Waals surface area contributed by atoms with Crippen molar-refractivity contribution in [2.75, 3.05) is 7.11 Å². The maximum Gasteiger partial charge on any atom is 0.220 e. The molecule has 0 saturated heterocycles. The molecule has 1 aromatic rings. The molecule has 0 aromatic heterocycles. The van der Waals surface area contributed by atoms with Crippen LogP contribution in [-0.2, 0) is 11.3 Å². The lowest BCUT2D eigenvalue weighted by molar-refractivity contribution is -0.128. The van der Waals surface area contributed by atoms with E-state index >= 15 is 0 Å². The number of rotatable bonds is 5. The van der Waals surface area contributed by atoms with Crippen LogP contribution in [0.2, 0.25) is 0 Å². The van der Waals surface area contributed by atoms with E-state index in [1.54, 1.807) is 7.11 Å². The Morgan fingerprint density at radius 2 is 1.96 bits per heavy atom. The molecule has 4 aliphatic carbocycles. The molecule has 0 aliphatic heterocycles. The summed E-state index contributed by atoms with van der Waals surface area (Å²) in [5, 5.41) is 3.13. The van der Waals surface area contributed by atoms with Crippen LogP contribution < -0.4 is 10.1 Å². The second kappa shape index (κ2) is 6.05. The van der Waals surface area contributed by atoms with Crippen LogP contribution in [-0.4, -0.2) is 17.3 Å². The van der Waals surface area contributed by atoms with Gasteiger partial charge in [0.25, 0.3) is 0 Å². The molecule has 0 radical (unpaired) electrons. The molecule has 5 rings (SSSR count). The fourth-order valence-electron chi connectivity index (χ4n) is 5.99. The lowest BCUT2D eigenvalue weighted by atomic mass is 9.48. The summed E-state index contributed by atoms with van der Waals surface area (Å²) < 4.78 is 5.69. The molecule has 4 aliphatic rings. The predicted molar refractivity (Wildman–Crippen MR) is 98.2 cm³/mol. The smallest absolute Gasteiger partial charge is 0.220 e. The number of hydrogen-bond donors (Lipinski definition) is 1. The molecule has 4 fully saturated rings. The monoisotopic (exact) mass is 391 g/mol. The Kier molecular flexibility index (Phi) is 4.14. The lowest BCUT2D eigenvalue weighted by Gasteiger charge is -2.60. The van der Waals surface area contributed by atoms with Crippen molar-refractivity contribution < 1.29 is 9.53 Å². The first-order chi connectivity index (χ1) is 11.5. The molecule has 3 nitrogen and oxygen atoms in total. The molecular formula is C20H26BrNO2. The van der Waals surface area contributed by atoms with Crippen molar-refractivity contribution in [3.63, 3.8) is 0 Å². The van der Waals surface area contributed by atoms with Gasteiger partial charge in [0, 0.05) is 22.9 Å². The number of carbonyl (C=O) groups excluding carboxylic acids is 1. The molecule has 4 heteroatoms. The van der Waals surface area contributed by atoms with Crippen molar-refractivity contribution in [1.82, 2.24) is 5.32 Å². The number of halogens is 1. The highest BCUT2D eigenvalue weighted by atomic mass is 79.9. The lowest BCUT2D eigenvalue weighted by Crippen LogP contribution is -2.54. The van der Waals surface area contributed by atoms with E-state index in [9.17, 15) is 4.79 Å². The van der Waals surface area contributed by atoms with E-state index in [0.717, 1.165) is 23.1 Å². The van der Waals surface area contributed by atoms with E-state index in [0.29, 0.717) is 17.3 Å². The molecule has 0 spiro atoms. The number of carbonyl (C=O) groups is 1. The van der Waals surface area contributed by atoms with Crippen molar-refractivity contribution in [2.45, 2.75) is 55.8 Å². The number of methoxy groups -OCH3 is 1. The van der Waals surface area contributed by atoms with Crippen LogP contribution in [0.5, 0.6) is 5.75 Å². The zero-order valence-electron chi connectivity index (χ0n) is 14.3. The van der Waals surface area contributed by atoms with Gasteiger partial charge in [-0.1, -0.05) is 34.1 Å². The molecular weight excluding hydrogens is 366 g/mol. The maximum atomic E-state index is 12.6. The first-order valence-electron chi connectivity index (χ1n) is 9.07. The fourth-order valence-corrected chi connectivity index (χ4v) is 7.50.